The maximum Gasteiger partial charge on any atom is 1.00 e. The molecule has 1 atom stereocenters. The summed E-state index contributed by atoms with van der Waals surface area (Å²) < 4.78 is 0.971. The van der Waals surface area contributed by atoms with Crippen LogP contribution in [-0.4, -0.2) is 5.78 Å². The SMILES string of the molecule is N#CC(C(=O)Cc1ccc(Br)cc1)c1cc[c-]cc1.[Na+]. The van der Waals surface area contributed by atoms with Crippen LogP contribution in [-0.2, 0) is 11.2 Å². The quantitative estimate of drug-likeness (QED) is 0.608. The van der Waals surface area contributed by atoms with Crippen LogP contribution in [0.2, 0.25) is 0 Å². The summed E-state index contributed by atoms with van der Waals surface area (Å²) in [5.74, 6) is -0.797. The number of ketones is 1. The van der Waals surface area contributed by atoms with Gasteiger partial charge < -0.3 is 0 Å². The molecule has 1 unspecified atom stereocenters. The molecule has 0 fully saturated rings. The van der Waals surface area contributed by atoms with E-state index in [4.69, 9.17) is 0 Å². The molecule has 2 rings (SSSR count). The van der Waals surface area contributed by atoms with E-state index in [9.17, 15) is 10.1 Å². The largest absolute Gasteiger partial charge is 1.00 e. The van der Waals surface area contributed by atoms with Crippen molar-refractivity contribution >= 4 is 21.7 Å². The van der Waals surface area contributed by atoms with Crippen molar-refractivity contribution in [2.75, 3.05) is 0 Å². The zero-order valence-electron chi connectivity index (χ0n) is 11.1. The molecule has 0 bridgehead atoms. The smallest absolute Gasteiger partial charge is 0.298 e. The first-order valence-electron chi connectivity index (χ1n) is 5.83. The second-order valence-electron chi connectivity index (χ2n) is 4.17. The number of benzene rings is 2. The first-order valence-corrected chi connectivity index (χ1v) is 6.63. The Bertz CT molecular complexity index is 605. The van der Waals surface area contributed by atoms with Crippen LogP contribution < -0.4 is 29.6 Å². The summed E-state index contributed by atoms with van der Waals surface area (Å²) in [6.07, 6.45) is 0.268. The zero-order valence-corrected chi connectivity index (χ0v) is 14.7. The molecule has 2 aromatic carbocycles. The minimum Gasteiger partial charge on any atom is -0.298 e. The number of Topliss-reactive ketones (excluding diaryl/α,β-unsaturated/α-hetero) is 1. The number of hydrogen-bond donors (Lipinski definition) is 0. The number of carbonyl (C=O) groups is 1. The average Bonchev–Trinajstić information content (AvgIpc) is 2.43. The normalized spacial score (nSPS) is 11.0. The fraction of sp³-hybridized carbons (Fsp3) is 0.125. The van der Waals surface area contributed by atoms with Crippen molar-refractivity contribution in [1.29, 1.82) is 5.26 Å². The summed E-state index contributed by atoms with van der Waals surface area (Å²) in [6, 6.07) is 19.5. The van der Waals surface area contributed by atoms with Gasteiger partial charge in [0, 0.05) is 10.9 Å². The van der Waals surface area contributed by atoms with E-state index in [1.807, 2.05) is 24.3 Å². The monoisotopic (exact) mass is 335 g/mol. The molecule has 0 aliphatic heterocycles. The Balaban J connectivity index is 0.00000200. The van der Waals surface area contributed by atoms with Gasteiger partial charge in [0.15, 0.2) is 5.78 Å². The van der Waals surface area contributed by atoms with Gasteiger partial charge in [-0.15, -0.1) is 5.56 Å². The minimum absolute atomic E-state index is 0. The van der Waals surface area contributed by atoms with Crippen LogP contribution in [0.4, 0.5) is 0 Å². The number of hydrogen-bond acceptors (Lipinski definition) is 2. The van der Waals surface area contributed by atoms with Gasteiger partial charge >= 0.3 is 29.6 Å². The number of halogens is 1. The molecular formula is C16H11BrNNaO. The zero-order chi connectivity index (χ0) is 13.7. The Labute approximate surface area is 149 Å². The summed E-state index contributed by atoms with van der Waals surface area (Å²) in [7, 11) is 0. The fourth-order valence-electron chi connectivity index (χ4n) is 1.83. The van der Waals surface area contributed by atoms with Crippen molar-refractivity contribution in [2.24, 2.45) is 0 Å². The van der Waals surface area contributed by atoms with Crippen LogP contribution in [0.1, 0.15) is 17.0 Å². The number of rotatable bonds is 4. The predicted molar refractivity (Wildman–Crippen MR) is 76.5 cm³/mol. The molecular weight excluding hydrogens is 325 g/mol. The topological polar surface area (TPSA) is 40.9 Å². The molecule has 0 spiro atoms. The second-order valence-corrected chi connectivity index (χ2v) is 5.08. The molecule has 2 nitrogen and oxygen atoms in total. The standard InChI is InChI=1S/C16H11BrNO.Na/c17-14-8-6-12(7-9-14)10-16(19)15(11-18)13-4-2-1-3-5-13;/h2-9,15H,10H2;/q-1;+1. The molecule has 2 aromatic rings. The van der Waals surface area contributed by atoms with Gasteiger partial charge in [0.1, 0.15) is 5.92 Å². The van der Waals surface area contributed by atoms with Crippen LogP contribution >= 0.6 is 15.9 Å². The van der Waals surface area contributed by atoms with Gasteiger partial charge in [-0.05, 0) is 17.7 Å². The molecule has 0 radical (unpaired) electrons. The molecule has 20 heavy (non-hydrogen) atoms. The van der Waals surface area contributed by atoms with Crippen molar-refractivity contribution in [3.63, 3.8) is 0 Å². The predicted octanol–water partition coefficient (Wildman–Crippen LogP) is 0.672. The third-order valence-electron chi connectivity index (χ3n) is 2.82. The van der Waals surface area contributed by atoms with E-state index in [0.717, 1.165) is 15.6 Å². The first kappa shape index (κ1) is 17.1. The molecule has 0 saturated carbocycles. The summed E-state index contributed by atoms with van der Waals surface area (Å²) in [5.41, 5.74) is 1.64. The van der Waals surface area contributed by atoms with Crippen molar-refractivity contribution in [1.82, 2.24) is 0 Å². The van der Waals surface area contributed by atoms with E-state index in [1.165, 1.54) is 0 Å². The van der Waals surface area contributed by atoms with Crippen LogP contribution in [0.25, 0.3) is 0 Å². The third kappa shape index (κ3) is 4.57. The van der Waals surface area contributed by atoms with Gasteiger partial charge in [-0.25, -0.2) is 0 Å². The maximum atomic E-state index is 12.2. The van der Waals surface area contributed by atoms with Gasteiger partial charge in [-0.2, -0.15) is 35.6 Å². The van der Waals surface area contributed by atoms with Crippen molar-refractivity contribution in [3.05, 3.63) is 70.2 Å². The van der Waals surface area contributed by atoms with Crippen LogP contribution in [0.15, 0.2) is 53.0 Å². The average molecular weight is 336 g/mol. The summed E-state index contributed by atoms with van der Waals surface area (Å²) >= 11 is 3.35. The van der Waals surface area contributed by atoms with E-state index in [1.54, 1.807) is 24.3 Å². The van der Waals surface area contributed by atoms with Gasteiger partial charge in [-0.1, -0.05) is 28.1 Å². The molecule has 0 heterocycles. The number of nitrogens with zero attached hydrogens (tertiary/aromatic N) is 1. The van der Waals surface area contributed by atoms with Crippen molar-refractivity contribution < 1.29 is 34.4 Å². The van der Waals surface area contributed by atoms with Crippen LogP contribution in [0.5, 0.6) is 0 Å². The molecule has 0 aliphatic carbocycles. The van der Waals surface area contributed by atoms with E-state index < -0.39 is 5.92 Å². The van der Waals surface area contributed by atoms with E-state index >= 15 is 0 Å². The summed E-state index contributed by atoms with van der Waals surface area (Å²) in [6.45, 7) is 0. The van der Waals surface area contributed by atoms with Gasteiger partial charge in [-0.3, -0.25) is 4.79 Å². The number of nitriles is 1. The van der Waals surface area contributed by atoms with Gasteiger partial charge in [0.05, 0.1) is 6.07 Å². The fourth-order valence-corrected chi connectivity index (χ4v) is 2.09. The van der Waals surface area contributed by atoms with Gasteiger partial charge in [0.2, 0.25) is 0 Å². The Morgan fingerprint density at radius 3 is 2.35 bits per heavy atom. The summed E-state index contributed by atoms with van der Waals surface area (Å²) in [5, 5.41) is 9.18. The van der Waals surface area contributed by atoms with Crippen molar-refractivity contribution in [2.45, 2.75) is 12.3 Å². The Morgan fingerprint density at radius 1 is 1.20 bits per heavy atom. The molecule has 0 amide bonds. The second kappa shape index (κ2) is 8.39. The Morgan fingerprint density at radius 2 is 1.80 bits per heavy atom. The van der Waals surface area contributed by atoms with E-state index in [2.05, 4.69) is 28.1 Å². The molecule has 0 aliphatic rings. The van der Waals surface area contributed by atoms with Gasteiger partial charge in [0.25, 0.3) is 0 Å². The molecule has 0 N–H and O–H groups in total. The van der Waals surface area contributed by atoms with Crippen molar-refractivity contribution in [3.8, 4) is 6.07 Å². The molecule has 0 aromatic heterocycles. The first-order chi connectivity index (χ1) is 9.20. The summed E-state index contributed by atoms with van der Waals surface area (Å²) in [4.78, 5) is 12.2. The minimum atomic E-state index is -0.710. The maximum absolute atomic E-state index is 12.2. The molecule has 94 valence electrons. The number of carbonyl (C=O) groups excluding carboxylic acids is 1. The van der Waals surface area contributed by atoms with E-state index in [0.29, 0.717) is 0 Å². The Kier molecular flexibility index (Phi) is 7.18. The van der Waals surface area contributed by atoms with E-state index in [-0.39, 0.29) is 41.8 Å². The third-order valence-corrected chi connectivity index (χ3v) is 3.35. The molecule has 4 heteroatoms. The Hall–Kier alpha value is -0.920. The van der Waals surface area contributed by atoms with Crippen LogP contribution in [0.3, 0.4) is 0 Å². The molecule has 0 saturated heterocycles. The van der Waals surface area contributed by atoms with Crippen LogP contribution in [0, 0.1) is 17.4 Å².